The monoisotopic (exact) mass is 181 g/mol. The van der Waals surface area contributed by atoms with Gasteiger partial charge in [-0.15, -0.1) is 5.92 Å². The zero-order chi connectivity index (χ0) is 9.80. The highest BCUT2D eigenvalue weighted by Gasteiger charge is 2.17. The van der Waals surface area contributed by atoms with Gasteiger partial charge in [0, 0.05) is 5.56 Å². The lowest BCUT2D eigenvalue weighted by atomic mass is 9.64. The molecule has 0 aromatic heterocycles. The van der Waals surface area contributed by atoms with Crippen molar-refractivity contribution in [3.8, 4) is 11.8 Å². The Hall–Kier alpha value is -1.16. The zero-order valence-corrected chi connectivity index (χ0v) is 8.59. The average Bonchev–Trinajstić information content (AvgIpc) is 2.72. The Kier molecular flexibility index (Phi) is 2.94. The van der Waals surface area contributed by atoms with E-state index >= 15 is 0 Å². The SMILES string of the molecule is CC#Cc1ccc([C@@H]2[B]CCC2)cc1. The van der Waals surface area contributed by atoms with Gasteiger partial charge in [-0.05, 0) is 24.9 Å². The molecule has 1 radical (unpaired) electrons. The lowest BCUT2D eigenvalue weighted by molar-refractivity contribution is 0.822. The predicted molar refractivity (Wildman–Crippen MR) is 61.5 cm³/mol. The smallest absolute Gasteiger partial charge is 0.101 e. The van der Waals surface area contributed by atoms with Crippen LogP contribution in [-0.4, -0.2) is 7.28 Å². The van der Waals surface area contributed by atoms with E-state index in [1.807, 2.05) is 6.92 Å². The van der Waals surface area contributed by atoms with Gasteiger partial charge in [-0.1, -0.05) is 42.8 Å². The molecule has 69 valence electrons. The molecule has 0 spiro atoms. The topological polar surface area (TPSA) is 0 Å². The molecule has 0 aliphatic carbocycles. The van der Waals surface area contributed by atoms with Crippen molar-refractivity contribution in [1.29, 1.82) is 0 Å². The minimum absolute atomic E-state index is 0.693. The summed E-state index contributed by atoms with van der Waals surface area (Å²) < 4.78 is 0. The van der Waals surface area contributed by atoms with E-state index in [-0.39, 0.29) is 0 Å². The Labute approximate surface area is 87.0 Å². The molecule has 1 aliphatic rings. The minimum Gasteiger partial charge on any atom is -0.101 e. The Morgan fingerprint density at radius 3 is 2.64 bits per heavy atom. The van der Waals surface area contributed by atoms with Crippen LogP contribution in [0.1, 0.15) is 36.7 Å². The molecule has 14 heavy (non-hydrogen) atoms. The van der Waals surface area contributed by atoms with Crippen LogP contribution in [0, 0.1) is 11.8 Å². The molecule has 1 heteroatoms. The van der Waals surface area contributed by atoms with Gasteiger partial charge in [0.2, 0.25) is 0 Å². The van der Waals surface area contributed by atoms with Gasteiger partial charge in [0.15, 0.2) is 0 Å². The first-order valence-electron chi connectivity index (χ1n) is 5.26. The van der Waals surface area contributed by atoms with Crippen LogP contribution < -0.4 is 0 Å². The molecule has 0 amide bonds. The third kappa shape index (κ3) is 2.01. The molecule has 0 saturated carbocycles. The van der Waals surface area contributed by atoms with Gasteiger partial charge in [0.25, 0.3) is 0 Å². The van der Waals surface area contributed by atoms with Crippen molar-refractivity contribution in [2.45, 2.75) is 31.9 Å². The molecule has 1 aromatic carbocycles. The number of rotatable bonds is 1. The third-order valence-corrected chi connectivity index (χ3v) is 2.78. The molecular formula is C13H14B. The largest absolute Gasteiger partial charge is 0.119 e. The first-order chi connectivity index (χ1) is 6.90. The van der Waals surface area contributed by atoms with Crippen LogP contribution in [0.15, 0.2) is 24.3 Å². The summed E-state index contributed by atoms with van der Waals surface area (Å²) in [5, 5.41) is 0. The van der Waals surface area contributed by atoms with Crippen molar-refractivity contribution >= 4 is 7.28 Å². The van der Waals surface area contributed by atoms with E-state index in [1.165, 1.54) is 24.7 Å². The van der Waals surface area contributed by atoms with Crippen LogP contribution in [0.4, 0.5) is 0 Å². The number of benzene rings is 1. The van der Waals surface area contributed by atoms with Gasteiger partial charge in [-0.3, -0.25) is 0 Å². The van der Waals surface area contributed by atoms with E-state index in [2.05, 4.69) is 43.4 Å². The van der Waals surface area contributed by atoms with E-state index in [4.69, 9.17) is 0 Å². The fraction of sp³-hybridized carbons (Fsp3) is 0.385. The van der Waals surface area contributed by atoms with Crippen LogP contribution in [0.2, 0.25) is 6.32 Å². The van der Waals surface area contributed by atoms with Crippen molar-refractivity contribution in [3.05, 3.63) is 35.4 Å². The highest BCUT2D eigenvalue weighted by atomic mass is 14.1. The van der Waals surface area contributed by atoms with Crippen molar-refractivity contribution in [3.63, 3.8) is 0 Å². The highest BCUT2D eigenvalue weighted by molar-refractivity contribution is 6.38. The molecule has 0 nitrogen and oxygen atoms in total. The number of hydrogen-bond acceptors (Lipinski definition) is 0. The van der Waals surface area contributed by atoms with Crippen molar-refractivity contribution < 1.29 is 0 Å². The summed E-state index contributed by atoms with van der Waals surface area (Å²) in [6.45, 7) is 1.87. The summed E-state index contributed by atoms with van der Waals surface area (Å²) in [6.07, 6.45) is 3.95. The van der Waals surface area contributed by atoms with Crippen molar-refractivity contribution in [2.24, 2.45) is 0 Å². The summed E-state index contributed by atoms with van der Waals surface area (Å²) in [5.41, 5.74) is 2.57. The van der Waals surface area contributed by atoms with Crippen LogP contribution in [0.5, 0.6) is 0 Å². The van der Waals surface area contributed by atoms with E-state index in [1.54, 1.807) is 0 Å². The molecule has 1 heterocycles. The minimum atomic E-state index is 0.693. The molecule has 1 atom stereocenters. The lowest BCUT2D eigenvalue weighted by Gasteiger charge is -2.08. The van der Waals surface area contributed by atoms with E-state index < -0.39 is 0 Å². The lowest BCUT2D eigenvalue weighted by Crippen LogP contribution is -1.99. The maximum atomic E-state index is 3.07. The van der Waals surface area contributed by atoms with Gasteiger partial charge in [0.05, 0.1) is 0 Å². The second kappa shape index (κ2) is 4.37. The number of hydrogen-bond donors (Lipinski definition) is 0. The molecule has 2 rings (SSSR count). The summed E-state index contributed by atoms with van der Waals surface area (Å²) >= 11 is 0. The van der Waals surface area contributed by atoms with Gasteiger partial charge in [0.1, 0.15) is 7.28 Å². The summed E-state index contributed by atoms with van der Waals surface area (Å²) in [6, 6.07) is 8.67. The molecular weight excluding hydrogens is 167 g/mol. The molecule has 0 unspecified atom stereocenters. The van der Waals surface area contributed by atoms with Gasteiger partial charge < -0.3 is 0 Å². The van der Waals surface area contributed by atoms with Gasteiger partial charge in [-0.25, -0.2) is 0 Å². The van der Waals surface area contributed by atoms with Gasteiger partial charge in [-0.2, -0.15) is 0 Å². The van der Waals surface area contributed by atoms with Crippen molar-refractivity contribution in [1.82, 2.24) is 0 Å². The third-order valence-electron chi connectivity index (χ3n) is 2.78. The first kappa shape index (κ1) is 9.40. The van der Waals surface area contributed by atoms with E-state index in [0.717, 1.165) is 5.56 Å². The van der Waals surface area contributed by atoms with Gasteiger partial charge >= 0.3 is 0 Å². The maximum absolute atomic E-state index is 3.07. The molecule has 1 aromatic rings. The molecule has 0 N–H and O–H groups in total. The Bertz CT molecular complexity index is 347. The molecule has 1 aliphatic heterocycles. The zero-order valence-electron chi connectivity index (χ0n) is 8.59. The van der Waals surface area contributed by atoms with Crippen LogP contribution >= 0.6 is 0 Å². The quantitative estimate of drug-likeness (QED) is 0.461. The van der Waals surface area contributed by atoms with Crippen LogP contribution in [0.25, 0.3) is 0 Å². The highest BCUT2D eigenvalue weighted by Crippen LogP contribution is 2.28. The normalized spacial score (nSPS) is 19.6. The average molecular weight is 181 g/mol. The second-order valence-electron chi connectivity index (χ2n) is 3.77. The van der Waals surface area contributed by atoms with Crippen LogP contribution in [-0.2, 0) is 0 Å². The summed E-state index contributed by atoms with van der Waals surface area (Å²) in [5.74, 6) is 6.67. The fourth-order valence-corrected chi connectivity index (χ4v) is 2.04. The molecule has 1 saturated heterocycles. The maximum Gasteiger partial charge on any atom is 0.119 e. The van der Waals surface area contributed by atoms with Crippen LogP contribution in [0.3, 0.4) is 0 Å². The van der Waals surface area contributed by atoms with E-state index in [9.17, 15) is 0 Å². The van der Waals surface area contributed by atoms with E-state index in [0.29, 0.717) is 5.82 Å². The molecule has 1 fully saturated rings. The predicted octanol–water partition coefficient (Wildman–Crippen LogP) is 3.02. The van der Waals surface area contributed by atoms with Crippen molar-refractivity contribution in [2.75, 3.05) is 0 Å². The molecule has 0 bridgehead atoms. The summed E-state index contributed by atoms with van der Waals surface area (Å²) in [4.78, 5) is 0. The Balaban J connectivity index is 2.15. The Morgan fingerprint density at radius 1 is 1.29 bits per heavy atom. The standard InChI is InChI=1S/C13H14B/c1-2-4-11-6-8-12(9-7-11)13-5-3-10-14-13/h6-9,13H,3,5,10H2,1H3/t13-/m1/s1. The Morgan fingerprint density at radius 2 is 2.07 bits per heavy atom. The fourth-order valence-electron chi connectivity index (χ4n) is 2.04. The first-order valence-corrected chi connectivity index (χ1v) is 5.26. The summed E-state index contributed by atoms with van der Waals surface area (Å²) in [7, 11) is 2.43. The second-order valence-corrected chi connectivity index (χ2v) is 3.77.